The summed E-state index contributed by atoms with van der Waals surface area (Å²) in [6.45, 7) is 0. The summed E-state index contributed by atoms with van der Waals surface area (Å²) in [7, 11) is 0. The van der Waals surface area contributed by atoms with Crippen molar-refractivity contribution < 1.29 is 0 Å². The normalized spacial score (nSPS) is 13.1. The van der Waals surface area contributed by atoms with Crippen molar-refractivity contribution in [2.24, 2.45) is 0 Å². The second-order valence-electron chi connectivity index (χ2n) is 3.77. The van der Waals surface area contributed by atoms with Gasteiger partial charge in [-0.1, -0.05) is 46.4 Å². The molecule has 0 fully saturated rings. The van der Waals surface area contributed by atoms with Crippen LogP contribution in [0.25, 0.3) is 11.1 Å². The molecule has 0 saturated heterocycles. The topological polar surface area (TPSA) is 51.6 Å². The van der Waals surface area contributed by atoms with Gasteiger partial charge in [0.1, 0.15) is 0 Å². The van der Waals surface area contributed by atoms with E-state index in [4.69, 9.17) is 46.4 Å². The molecule has 3 rings (SSSR count). The molecular formula is C10H4Cl4N4. The molecule has 2 heterocycles. The molecule has 0 atom stereocenters. The Labute approximate surface area is 122 Å². The maximum Gasteiger partial charge on any atom is 0.160 e. The average molecular weight is 322 g/mol. The molecule has 1 aliphatic carbocycles. The third-order valence-corrected chi connectivity index (χ3v) is 3.98. The fraction of sp³-hybridized carbons (Fsp3) is 0.200. The van der Waals surface area contributed by atoms with E-state index in [1.54, 1.807) is 0 Å². The maximum atomic E-state index is 6.08. The van der Waals surface area contributed by atoms with Crippen molar-refractivity contribution in [2.75, 3.05) is 0 Å². The smallest absolute Gasteiger partial charge is 0.137 e. The van der Waals surface area contributed by atoms with Gasteiger partial charge < -0.3 is 0 Å². The van der Waals surface area contributed by atoms with Gasteiger partial charge in [0.15, 0.2) is 20.6 Å². The Hall–Kier alpha value is -0.680. The van der Waals surface area contributed by atoms with Gasteiger partial charge in [0.2, 0.25) is 0 Å². The standard InChI is InChI=1S/C10H4Cl4N4/c11-7-3-1-2-4-6(5(3)9(13)17-15-7)10(14)18-16-8(4)12/h1-2H2. The third kappa shape index (κ3) is 1.75. The SMILES string of the molecule is Clc1nnc(Cl)c2c1CCc1c(Cl)nnc(Cl)c1-2. The Morgan fingerprint density at radius 1 is 0.556 bits per heavy atom. The number of hydrogen-bond acceptors (Lipinski definition) is 4. The molecule has 0 N–H and O–H groups in total. The van der Waals surface area contributed by atoms with Crippen molar-refractivity contribution in [3.8, 4) is 11.1 Å². The monoisotopic (exact) mass is 320 g/mol. The molecule has 2 aromatic heterocycles. The molecule has 4 nitrogen and oxygen atoms in total. The van der Waals surface area contributed by atoms with Gasteiger partial charge in [-0.2, -0.15) is 0 Å². The molecule has 18 heavy (non-hydrogen) atoms. The Morgan fingerprint density at radius 2 is 0.889 bits per heavy atom. The molecule has 0 aromatic carbocycles. The fourth-order valence-corrected chi connectivity index (χ4v) is 3.01. The first kappa shape index (κ1) is 12.4. The van der Waals surface area contributed by atoms with Gasteiger partial charge in [0.05, 0.1) is 0 Å². The van der Waals surface area contributed by atoms with Crippen molar-refractivity contribution in [1.29, 1.82) is 0 Å². The van der Waals surface area contributed by atoms with Gasteiger partial charge in [0.25, 0.3) is 0 Å². The lowest BCUT2D eigenvalue weighted by atomic mass is 9.89. The van der Waals surface area contributed by atoms with Crippen molar-refractivity contribution in [3.05, 3.63) is 31.7 Å². The summed E-state index contributed by atoms with van der Waals surface area (Å²) in [5.74, 6) is 0. The zero-order chi connectivity index (χ0) is 12.9. The molecule has 0 radical (unpaired) electrons. The van der Waals surface area contributed by atoms with Gasteiger partial charge in [-0.25, -0.2) is 0 Å². The zero-order valence-corrected chi connectivity index (χ0v) is 11.7. The Bertz CT molecular complexity index is 601. The minimum absolute atomic E-state index is 0.237. The minimum atomic E-state index is 0.237. The number of halogens is 4. The van der Waals surface area contributed by atoms with E-state index in [1.807, 2.05) is 0 Å². The van der Waals surface area contributed by atoms with E-state index in [9.17, 15) is 0 Å². The van der Waals surface area contributed by atoms with Gasteiger partial charge in [-0.3, -0.25) is 0 Å². The summed E-state index contributed by atoms with van der Waals surface area (Å²) in [6, 6.07) is 0. The quantitative estimate of drug-likeness (QED) is 0.743. The average Bonchev–Trinajstić information content (AvgIpc) is 2.37. The van der Waals surface area contributed by atoms with E-state index in [0.29, 0.717) is 34.3 Å². The van der Waals surface area contributed by atoms with E-state index in [2.05, 4.69) is 20.4 Å². The van der Waals surface area contributed by atoms with Crippen LogP contribution in [0.4, 0.5) is 0 Å². The van der Waals surface area contributed by atoms with Crippen LogP contribution in [0.2, 0.25) is 20.6 Å². The van der Waals surface area contributed by atoms with E-state index in [1.165, 1.54) is 0 Å². The van der Waals surface area contributed by atoms with E-state index in [-0.39, 0.29) is 10.3 Å². The number of nitrogens with zero attached hydrogens (tertiary/aromatic N) is 4. The second-order valence-corrected chi connectivity index (χ2v) is 5.20. The lowest BCUT2D eigenvalue weighted by Crippen LogP contribution is -2.10. The summed E-state index contributed by atoms with van der Waals surface area (Å²) in [4.78, 5) is 0. The Kier molecular flexibility index (Phi) is 3.06. The summed E-state index contributed by atoms with van der Waals surface area (Å²) in [5, 5.41) is 16.3. The van der Waals surface area contributed by atoms with Gasteiger partial charge in [-0.05, 0) is 12.8 Å². The summed E-state index contributed by atoms with van der Waals surface area (Å²) in [5.41, 5.74) is 2.93. The molecule has 2 aromatic rings. The predicted octanol–water partition coefficient (Wildman–Crippen LogP) is 3.65. The van der Waals surface area contributed by atoms with Gasteiger partial charge in [0, 0.05) is 22.3 Å². The zero-order valence-electron chi connectivity index (χ0n) is 8.71. The fourth-order valence-electron chi connectivity index (χ4n) is 2.07. The first-order chi connectivity index (χ1) is 8.59. The highest BCUT2D eigenvalue weighted by Gasteiger charge is 2.27. The van der Waals surface area contributed by atoms with Crippen molar-refractivity contribution in [3.63, 3.8) is 0 Å². The molecule has 0 amide bonds. The number of hydrogen-bond donors (Lipinski definition) is 0. The molecule has 0 saturated carbocycles. The highest BCUT2D eigenvalue weighted by molar-refractivity contribution is 6.37. The highest BCUT2D eigenvalue weighted by Crippen LogP contribution is 2.43. The van der Waals surface area contributed by atoms with E-state index < -0.39 is 0 Å². The second kappa shape index (κ2) is 4.46. The van der Waals surface area contributed by atoms with Crippen LogP contribution in [0.1, 0.15) is 11.1 Å². The molecule has 0 bridgehead atoms. The molecule has 0 spiro atoms. The van der Waals surface area contributed by atoms with Crippen LogP contribution in [-0.2, 0) is 12.8 Å². The molecule has 0 aliphatic heterocycles. The van der Waals surface area contributed by atoms with E-state index in [0.717, 1.165) is 11.1 Å². The minimum Gasteiger partial charge on any atom is -0.137 e. The third-order valence-electron chi connectivity index (χ3n) is 2.84. The lowest BCUT2D eigenvalue weighted by molar-refractivity contribution is 0.877. The predicted molar refractivity (Wildman–Crippen MR) is 70.5 cm³/mol. The van der Waals surface area contributed by atoms with Gasteiger partial charge >= 0.3 is 0 Å². The van der Waals surface area contributed by atoms with E-state index >= 15 is 0 Å². The van der Waals surface area contributed by atoms with Crippen LogP contribution in [0.3, 0.4) is 0 Å². The number of aromatic nitrogens is 4. The summed E-state index contributed by atoms with van der Waals surface area (Å²) >= 11 is 24.2. The molecule has 92 valence electrons. The van der Waals surface area contributed by atoms with Crippen LogP contribution >= 0.6 is 46.4 Å². The first-order valence-corrected chi connectivity index (χ1v) is 6.52. The highest BCUT2D eigenvalue weighted by atomic mass is 35.5. The Morgan fingerprint density at radius 3 is 1.28 bits per heavy atom. The molecule has 1 aliphatic rings. The van der Waals surface area contributed by atoms with Gasteiger partial charge in [-0.15, -0.1) is 20.4 Å². The summed E-state index contributed by atoms with van der Waals surface area (Å²) in [6.07, 6.45) is 1.33. The maximum absolute atomic E-state index is 6.08. The molecule has 0 unspecified atom stereocenters. The molecule has 8 heteroatoms. The summed E-state index contributed by atoms with van der Waals surface area (Å²) < 4.78 is 0. The Balaban J connectivity index is 2.42. The van der Waals surface area contributed by atoms with Crippen LogP contribution in [-0.4, -0.2) is 20.4 Å². The number of rotatable bonds is 0. The largest absolute Gasteiger partial charge is 0.160 e. The lowest BCUT2D eigenvalue weighted by Gasteiger charge is -2.21. The number of fused-ring (bicyclic) bond motifs is 3. The van der Waals surface area contributed by atoms with Crippen LogP contribution in [0.5, 0.6) is 0 Å². The van der Waals surface area contributed by atoms with Crippen LogP contribution in [0.15, 0.2) is 0 Å². The first-order valence-electron chi connectivity index (χ1n) is 5.01. The van der Waals surface area contributed by atoms with Crippen LogP contribution in [0, 0.1) is 0 Å². The molecular weight excluding hydrogens is 318 g/mol. The van der Waals surface area contributed by atoms with Crippen molar-refractivity contribution in [2.45, 2.75) is 12.8 Å². The van der Waals surface area contributed by atoms with Crippen molar-refractivity contribution in [1.82, 2.24) is 20.4 Å². The van der Waals surface area contributed by atoms with Crippen LogP contribution < -0.4 is 0 Å². The van der Waals surface area contributed by atoms with Crippen molar-refractivity contribution >= 4 is 46.4 Å².